The highest BCUT2D eigenvalue weighted by atomic mass is 79.9. The predicted molar refractivity (Wildman–Crippen MR) is 54.6 cm³/mol. The summed E-state index contributed by atoms with van der Waals surface area (Å²) in [7, 11) is 0. The van der Waals surface area contributed by atoms with Gasteiger partial charge in [-0.05, 0) is 34.8 Å². The van der Waals surface area contributed by atoms with E-state index in [1.54, 1.807) is 0 Å². The maximum absolute atomic E-state index is 13.4. The standard InChI is InChI=1S/C10H8BrF3O2/c11-6-4-7(12)10(14)5(9(6)13)2-1-3-8(15)16/h4H,1-3H2,(H,15,16). The maximum Gasteiger partial charge on any atom is 0.303 e. The molecule has 1 N–H and O–H groups in total. The van der Waals surface area contributed by atoms with E-state index in [4.69, 9.17) is 5.11 Å². The van der Waals surface area contributed by atoms with Gasteiger partial charge in [-0.3, -0.25) is 4.79 Å². The molecule has 1 aromatic carbocycles. The Morgan fingerprint density at radius 2 is 1.94 bits per heavy atom. The van der Waals surface area contributed by atoms with E-state index in [1.165, 1.54) is 0 Å². The molecule has 0 bridgehead atoms. The van der Waals surface area contributed by atoms with E-state index >= 15 is 0 Å². The molecule has 2 nitrogen and oxygen atoms in total. The van der Waals surface area contributed by atoms with Crippen LogP contribution in [0.15, 0.2) is 10.5 Å². The minimum Gasteiger partial charge on any atom is -0.481 e. The lowest BCUT2D eigenvalue weighted by atomic mass is 10.1. The summed E-state index contributed by atoms with van der Waals surface area (Å²) in [5.74, 6) is -4.36. The highest BCUT2D eigenvalue weighted by Crippen LogP contribution is 2.25. The Kier molecular flexibility index (Phi) is 4.35. The Hall–Kier alpha value is -1.04. The van der Waals surface area contributed by atoms with Crippen molar-refractivity contribution < 1.29 is 23.1 Å². The van der Waals surface area contributed by atoms with E-state index in [0.29, 0.717) is 6.07 Å². The van der Waals surface area contributed by atoms with Crippen LogP contribution in [0, 0.1) is 17.5 Å². The highest BCUT2D eigenvalue weighted by Gasteiger charge is 2.17. The van der Waals surface area contributed by atoms with Crippen LogP contribution in [-0.2, 0) is 11.2 Å². The number of rotatable bonds is 4. The zero-order valence-electron chi connectivity index (χ0n) is 8.07. The zero-order valence-corrected chi connectivity index (χ0v) is 9.65. The molecule has 1 aromatic rings. The van der Waals surface area contributed by atoms with Gasteiger partial charge < -0.3 is 5.11 Å². The van der Waals surface area contributed by atoms with Crippen LogP contribution in [0.5, 0.6) is 0 Å². The summed E-state index contributed by atoms with van der Waals surface area (Å²) >= 11 is 2.75. The summed E-state index contributed by atoms with van der Waals surface area (Å²) < 4.78 is 39.3. The topological polar surface area (TPSA) is 37.3 Å². The Labute approximate surface area is 98.2 Å². The molecule has 0 radical (unpaired) electrons. The van der Waals surface area contributed by atoms with Gasteiger partial charge in [-0.25, -0.2) is 13.2 Å². The van der Waals surface area contributed by atoms with Crippen LogP contribution in [0.2, 0.25) is 0 Å². The van der Waals surface area contributed by atoms with Crippen LogP contribution in [0.3, 0.4) is 0 Å². The molecule has 0 heterocycles. The van der Waals surface area contributed by atoms with E-state index in [9.17, 15) is 18.0 Å². The SMILES string of the molecule is O=C(O)CCCc1c(F)c(F)cc(Br)c1F. The molecule has 0 fully saturated rings. The van der Waals surface area contributed by atoms with Crippen molar-refractivity contribution in [3.05, 3.63) is 33.6 Å². The third kappa shape index (κ3) is 2.98. The van der Waals surface area contributed by atoms with Gasteiger partial charge in [-0.15, -0.1) is 0 Å². The summed E-state index contributed by atoms with van der Waals surface area (Å²) in [5.41, 5.74) is -0.423. The maximum atomic E-state index is 13.4. The van der Waals surface area contributed by atoms with E-state index in [0.717, 1.165) is 0 Å². The summed E-state index contributed by atoms with van der Waals surface area (Å²) in [4.78, 5) is 10.2. The van der Waals surface area contributed by atoms with Gasteiger partial charge >= 0.3 is 5.97 Å². The van der Waals surface area contributed by atoms with Crippen molar-refractivity contribution in [3.63, 3.8) is 0 Å². The molecule has 0 aliphatic heterocycles. The molecule has 0 saturated carbocycles. The fraction of sp³-hybridized carbons (Fsp3) is 0.300. The molecular weight excluding hydrogens is 289 g/mol. The lowest BCUT2D eigenvalue weighted by Gasteiger charge is -2.06. The number of hydrogen-bond acceptors (Lipinski definition) is 1. The molecule has 0 unspecified atom stereocenters. The van der Waals surface area contributed by atoms with E-state index in [2.05, 4.69) is 15.9 Å². The molecule has 0 aliphatic rings. The first-order valence-electron chi connectivity index (χ1n) is 4.47. The molecular formula is C10H8BrF3O2. The molecule has 0 atom stereocenters. The average Bonchev–Trinajstić information content (AvgIpc) is 2.20. The van der Waals surface area contributed by atoms with Crippen LogP contribution in [0.1, 0.15) is 18.4 Å². The molecule has 0 saturated heterocycles. The molecule has 0 aromatic heterocycles. The molecule has 0 aliphatic carbocycles. The van der Waals surface area contributed by atoms with Crippen molar-refractivity contribution in [1.29, 1.82) is 0 Å². The van der Waals surface area contributed by atoms with Gasteiger partial charge in [0.2, 0.25) is 0 Å². The first-order valence-corrected chi connectivity index (χ1v) is 5.26. The highest BCUT2D eigenvalue weighted by molar-refractivity contribution is 9.10. The molecule has 0 amide bonds. The summed E-state index contributed by atoms with van der Waals surface area (Å²) in [5, 5.41) is 8.37. The summed E-state index contributed by atoms with van der Waals surface area (Å²) in [6.45, 7) is 0. The fourth-order valence-corrected chi connectivity index (χ4v) is 1.70. The minimum atomic E-state index is -1.26. The van der Waals surface area contributed by atoms with Crippen molar-refractivity contribution in [2.75, 3.05) is 0 Å². The first kappa shape index (κ1) is 13.0. The van der Waals surface area contributed by atoms with Crippen LogP contribution in [-0.4, -0.2) is 11.1 Å². The number of benzene rings is 1. The van der Waals surface area contributed by atoms with Crippen LogP contribution in [0.4, 0.5) is 13.2 Å². The molecule has 0 spiro atoms. The van der Waals surface area contributed by atoms with Gasteiger partial charge in [-0.2, -0.15) is 0 Å². The lowest BCUT2D eigenvalue weighted by Crippen LogP contribution is -2.02. The number of carboxylic acid groups (broad SMARTS) is 1. The Bertz CT molecular complexity index is 395. The quantitative estimate of drug-likeness (QED) is 0.866. The first-order chi connectivity index (χ1) is 7.43. The number of hydrogen-bond donors (Lipinski definition) is 1. The molecule has 88 valence electrons. The van der Waals surface area contributed by atoms with Gasteiger partial charge in [0.25, 0.3) is 0 Å². The van der Waals surface area contributed by atoms with Crippen molar-refractivity contribution in [2.24, 2.45) is 0 Å². The van der Waals surface area contributed by atoms with Crippen LogP contribution < -0.4 is 0 Å². The zero-order chi connectivity index (χ0) is 12.3. The van der Waals surface area contributed by atoms with Crippen molar-refractivity contribution in [1.82, 2.24) is 0 Å². The number of halogens is 4. The van der Waals surface area contributed by atoms with Gasteiger partial charge in [0.1, 0.15) is 5.82 Å². The third-order valence-corrected chi connectivity index (χ3v) is 2.60. The third-order valence-electron chi connectivity index (χ3n) is 2.02. The lowest BCUT2D eigenvalue weighted by molar-refractivity contribution is -0.137. The predicted octanol–water partition coefficient (Wildman–Crippen LogP) is 3.27. The van der Waals surface area contributed by atoms with Crippen molar-refractivity contribution in [3.8, 4) is 0 Å². The Morgan fingerprint density at radius 3 is 2.50 bits per heavy atom. The number of carboxylic acids is 1. The van der Waals surface area contributed by atoms with E-state index in [1.807, 2.05) is 0 Å². The van der Waals surface area contributed by atoms with Crippen molar-refractivity contribution >= 4 is 21.9 Å². The average molecular weight is 297 g/mol. The van der Waals surface area contributed by atoms with Crippen LogP contribution >= 0.6 is 15.9 Å². The van der Waals surface area contributed by atoms with Gasteiger partial charge in [0.15, 0.2) is 11.6 Å². The summed E-state index contributed by atoms with van der Waals surface area (Å²) in [6, 6.07) is 0.700. The number of aliphatic carboxylic acids is 1. The largest absolute Gasteiger partial charge is 0.481 e. The number of carbonyl (C=O) groups is 1. The van der Waals surface area contributed by atoms with Gasteiger partial charge in [0, 0.05) is 12.0 Å². The monoisotopic (exact) mass is 296 g/mol. The van der Waals surface area contributed by atoms with Gasteiger partial charge in [0.05, 0.1) is 4.47 Å². The van der Waals surface area contributed by atoms with E-state index in [-0.39, 0.29) is 23.7 Å². The molecule has 16 heavy (non-hydrogen) atoms. The van der Waals surface area contributed by atoms with Crippen LogP contribution in [0.25, 0.3) is 0 Å². The second kappa shape index (κ2) is 5.34. The van der Waals surface area contributed by atoms with Gasteiger partial charge in [-0.1, -0.05) is 0 Å². The second-order valence-corrected chi connectivity index (χ2v) is 4.05. The second-order valence-electron chi connectivity index (χ2n) is 3.19. The normalized spacial score (nSPS) is 10.5. The minimum absolute atomic E-state index is 0.0546. The molecule has 6 heteroatoms. The smallest absolute Gasteiger partial charge is 0.303 e. The van der Waals surface area contributed by atoms with Crippen molar-refractivity contribution in [2.45, 2.75) is 19.3 Å². The molecule has 1 rings (SSSR count). The summed E-state index contributed by atoms with van der Waals surface area (Å²) in [6.07, 6.45) is -0.313. The van der Waals surface area contributed by atoms with E-state index < -0.39 is 29.0 Å². The fourth-order valence-electron chi connectivity index (χ4n) is 1.26. The Balaban J connectivity index is 2.90. The Morgan fingerprint density at radius 1 is 1.31 bits per heavy atom.